The van der Waals surface area contributed by atoms with E-state index in [1.165, 1.54) is 0 Å². The zero-order valence-corrected chi connectivity index (χ0v) is 10.1. The van der Waals surface area contributed by atoms with E-state index in [9.17, 15) is 22.4 Å². The molecule has 1 aromatic carbocycles. The summed E-state index contributed by atoms with van der Waals surface area (Å²) < 4.78 is 62.2. The lowest BCUT2D eigenvalue weighted by Crippen LogP contribution is -2.04. The fourth-order valence-electron chi connectivity index (χ4n) is 1.29. The Morgan fingerprint density at radius 1 is 1.11 bits per heavy atom. The van der Waals surface area contributed by atoms with Gasteiger partial charge in [0.15, 0.2) is 17.4 Å². The third-order valence-corrected chi connectivity index (χ3v) is 2.13. The molecule has 0 amide bonds. The summed E-state index contributed by atoms with van der Waals surface area (Å²) in [6.07, 6.45) is 1.83. The Hall–Kier alpha value is -2.05. The molecule has 0 aliphatic rings. The molecule has 104 valence electrons. The molecule has 1 aromatic rings. The summed E-state index contributed by atoms with van der Waals surface area (Å²) >= 11 is 0. The fourth-order valence-corrected chi connectivity index (χ4v) is 1.29. The van der Waals surface area contributed by atoms with Crippen molar-refractivity contribution >= 4 is 12.0 Å². The third kappa shape index (κ3) is 3.24. The summed E-state index contributed by atoms with van der Waals surface area (Å²) in [6, 6.07) is 0. The predicted octanol–water partition coefficient (Wildman–Crippen LogP) is 2.83. The van der Waals surface area contributed by atoms with Crippen molar-refractivity contribution < 1.29 is 31.8 Å². The first-order valence-corrected chi connectivity index (χ1v) is 5.10. The van der Waals surface area contributed by atoms with Crippen LogP contribution in [0.25, 0.3) is 6.08 Å². The molecule has 1 rings (SSSR count). The van der Waals surface area contributed by atoms with Crippen molar-refractivity contribution in [2.75, 3.05) is 13.7 Å². The van der Waals surface area contributed by atoms with E-state index in [0.29, 0.717) is 0 Å². The van der Waals surface area contributed by atoms with Crippen molar-refractivity contribution in [3.8, 4) is 5.75 Å². The van der Waals surface area contributed by atoms with Crippen LogP contribution in [0, 0.1) is 23.3 Å². The van der Waals surface area contributed by atoms with Crippen LogP contribution in [0.3, 0.4) is 0 Å². The lowest BCUT2D eigenvalue weighted by Gasteiger charge is -2.08. The van der Waals surface area contributed by atoms with Gasteiger partial charge in [-0.3, -0.25) is 4.79 Å². The Bertz CT molecular complexity index is 497. The number of esters is 1. The molecule has 0 saturated carbocycles. The number of methoxy groups -OCH3 is 1. The maximum atomic E-state index is 13.5. The molecule has 0 spiro atoms. The molecule has 0 radical (unpaired) electrons. The van der Waals surface area contributed by atoms with Gasteiger partial charge in [0.2, 0.25) is 11.6 Å². The van der Waals surface area contributed by atoms with Crippen molar-refractivity contribution in [2.45, 2.75) is 6.92 Å². The number of carbonyl (C=O) groups is 1. The van der Waals surface area contributed by atoms with E-state index >= 15 is 0 Å². The number of rotatable bonds is 4. The Kier molecular flexibility index (Phi) is 4.91. The Morgan fingerprint density at radius 2 is 1.63 bits per heavy atom. The zero-order valence-electron chi connectivity index (χ0n) is 10.1. The first-order chi connectivity index (χ1) is 8.90. The summed E-state index contributed by atoms with van der Waals surface area (Å²) in [5.41, 5.74) is -0.914. The fraction of sp³-hybridized carbons (Fsp3) is 0.250. The molecular formula is C12H10F4O3. The summed E-state index contributed by atoms with van der Waals surface area (Å²) in [5.74, 6) is -8.17. The minimum atomic E-state index is -1.63. The van der Waals surface area contributed by atoms with Crippen LogP contribution in [0.15, 0.2) is 6.08 Å². The minimum Gasteiger partial charge on any atom is -0.491 e. The molecule has 0 fully saturated rings. The van der Waals surface area contributed by atoms with Gasteiger partial charge in [0, 0.05) is 6.92 Å². The second-order valence-corrected chi connectivity index (χ2v) is 3.41. The molecule has 0 heterocycles. The van der Waals surface area contributed by atoms with Gasteiger partial charge >= 0.3 is 5.97 Å². The quantitative estimate of drug-likeness (QED) is 0.482. The van der Waals surface area contributed by atoms with Crippen molar-refractivity contribution in [3.63, 3.8) is 0 Å². The first kappa shape index (κ1) is 15.0. The molecule has 7 heteroatoms. The van der Waals surface area contributed by atoms with Crippen LogP contribution in [0.5, 0.6) is 5.75 Å². The highest BCUT2D eigenvalue weighted by Crippen LogP contribution is 2.30. The van der Waals surface area contributed by atoms with Gasteiger partial charge in [0.1, 0.15) is 6.61 Å². The van der Waals surface area contributed by atoms with Crippen LogP contribution in [-0.2, 0) is 9.53 Å². The molecule has 0 aliphatic heterocycles. The van der Waals surface area contributed by atoms with E-state index in [1.807, 2.05) is 0 Å². The largest absolute Gasteiger partial charge is 0.491 e. The van der Waals surface area contributed by atoms with Gasteiger partial charge in [-0.05, 0) is 12.2 Å². The molecule has 0 aromatic heterocycles. The van der Waals surface area contributed by atoms with Crippen LogP contribution in [0.2, 0.25) is 0 Å². The molecule has 0 unspecified atom stereocenters. The molecule has 19 heavy (non-hydrogen) atoms. The van der Waals surface area contributed by atoms with Crippen LogP contribution < -0.4 is 4.74 Å². The van der Waals surface area contributed by atoms with E-state index in [0.717, 1.165) is 26.2 Å². The van der Waals surface area contributed by atoms with Gasteiger partial charge in [-0.1, -0.05) is 0 Å². The van der Waals surface area contributed by atoms with Crippen LogP contribution in [0.4, 0.5) is 17.6 Å². The molecule has 0 N–H and O–H groups in total. The van der Waals surface area contributed by atoms with E-state index < -0.39 is 40.6 Å². The maximum absolute atomic E-state index is 13.5. The number of carbonyl (C=O) groups excluding carboxylic acids is 1. The Balaban J connectivity index is 3.12. The SMILES string of the molecule is COc1c(F)c(F)c(/C=C\COC(C)=O)c(F)c1F. The molecular weight excluding hydrogens is 268 g/mol. The van der Waals surface area contributed by atoms with Gasteiger partial charge < -0.3 is 9.47 Å². The highest BCUT2D eigenvalue weighted by molar-refractivity contribution is 5.66. The Labute approximate surface area is 106 Å². The number of hydrogen-bond acceptors (Lipinski definition) is 3. The standard InChI is InChI=1S/C12H10F4O3/c1-6(17)19-5-3-4-7-8(13)10(15)12(18-2)11(16)9(7)14/h3-4H,5H2,1-2H3/b4-3-. The first-order valence-electron chi connectivity index (χ1n) is 5.10. The number of hydrogen-bond donors (Lipinski definition) is 0. The average Bonchev–Trinajstić information content (AvgIpc) is 2.36. The smallest absolute Gasteiger partial charge is 0.302 e. The van der Waals surface area contributed by atoms with Crippen molar-refractivity contribution in [3.05, 3.63) is 34.9 Å². The van der Waals surface area contributed by atoms with E-state index in [4.69, 9.17) is 0 Å². The second-order valence-electron chi connectivity index (χ2n) is 3.41. The lowest BCUT2D eigenvalue weighted by molar-refractivity contribution is -0.139. The topological polar surface area (TPSA) is 35.5 Å². The maximum Gasteiger partial charge on any atom is 0.302 e. The minimum absolute atomic E-state index is 0.274. The zero-order chi connectivity index (χ0) is 14.6. The summed E-state index contributed by atoms with van der Waals surface area (Å²) in [6.45, 7) is 0.866. The molecule has 0 aliphatic carbocycles. The lowest BCUT2D eigenvalue weighted by atomic mass is 10.1. The predicted molar refractivity (Wildman–Crippen MR) is 58.5 cm³/mol. The molecule has 0 saturated heterocycles. The van der Waals surface area contributed by atoms with Gasteiger partial charge in [0.25, 0.3) is 0 Å². The average molecular weight is 278 g/mol. The van der Waals surface area contributed by atoms with Gasteiger partial charge in [-0.2, -0.15) is 8.78 Å². The molecule has 0 atom stereocenters. The van der Waals surface area contributed by atoms with E-state index in [1.54, 1.807) is 0 Å². The summed E-state index contributed by atoms with van der Waals surface area (Å²) in [7, 11) is 0.886. The normalized spacial score (nSPS) is 10.8. The van der Waals surface area contributed by atoms with Crippen molar-refractivity contribution in [1.82, 2.24) is 0 Å². The van der Waals surface area contributed by atoms with Gasteiger partial charge in [-0.25, -0.2) is 8.78 Å². The van der Waals surface area contributed by atoms with E-state index in [-0.39, 0.29) is 6.61 Å². The number of ether oxygens (including phenoxy) is 2. The second kappa shape index (κ2) is 6.21. The highest BCUT2D eigenvalue weighted by Gasteiger charge is 2.24. The molecule has 0 bridgehead atoms. The monoisotopic (exact) mass is 278 g/mol. The van der Waals surface area contributed by atoms with Crippen LogP contribution in [0.1, 0.15) is 12.5 Å². The molecule has 3 nitrogen and oxygen atoms in total. The van der Waals surface area contributed by atoms with Crippen LogP contribution in [-0.4, -0.2) is 19.7 Å². The summed E-state index contributed by atoms with van der Waals surface area (Å²) in [5, 5.41) is 0. The number of halogens is 4. The highest BCUT2D eigenvalue weighted by atomic mass is 19.2. The number of benzene rings is 1. The Morgan fingerprint density at radius 3 is 2.05 bits per heavy atom. The van der Waals surface area contributed by atoms with Gasteiger partial charge in [0.05, 0.1) is 12.7 Å². The van der Waals surface area contributed by atoms with Crippen LogP contribution >= 0.6 is 0 Å². The van der Waals surface area contributed by atoms with Crippen molar-refractivity contribution in [2.24, 2.45) is 0 Å². The van der Waals surface area contributed by atoms with Crippen molar-refractivity contribution in [1.29, 1.82) is 0 Å². The third-order valence-electron chi connectivity index (χ3n) is 2.13. The van der Waals surface area contributed by atoms with Gasteiger partial charge in [-0.15, -0.1) is 0 Å². The van der Waals surface area contributed by atoms with E-state index in [2.05, 4.69) is 9.47 Å². The summed E-state index contributed by atoms with van der Waals surface area (Å²) in [4.78, 5) is 10.4.